The smallest absolute Gasteiger partial charge is 0.387 e. The summed E-state index contributed by atoms with van der Waals surface area (Å²) in [5.41, 5.74) is 2.70. The molecule has 1 N–H and O–H groups in total. The summed E-state index contributed by atoms with van der Waals surface area (Å²) in [5.74, 6) is -0.431. The third-order valence-electron chi connectivity index (χ3n) is 7.04. The van der Waals surface area contributed by atoms with Crippen molar-refractivity contribution in [2.24, 2.45) is 5.92 Å². The van der Waals surface area contributed by atoms with E-state index in [-0.39, 0.29) is 35.1 Å². The zero-order chi connectivity index (χ0) is 24.8. The fourth-order valence-electron chi connectivity index (χ4n) is 5.54. The summed E-state index contributed by atoms with van der Waals surface area (Å²) < 4.78 is 60.9. The monoisotopic (exact) mass is 509 g/mol. The molecule has 0 radical (unpaired) electrons. The molecule has 5 rings (SSSR count). The van der Waals surface area contributed by atoms with Gasteiger partial charge in [0, 0.05) is 42.4 Å². The summed E-state index contributed by atoms with van der Waals surface area (Å²) >= 11 is 0. The third-order valence-corrected chi connectivity index (χ3v) is 9.20. The number of rotatable bonds is 6. The minimum absolute atomic E-state index is 0.0368. The molecule has 1 atom stereocenters. The number of benzene rings is 1. The molecule has 1 aliphatic carbocycles. The Morgan fingerprint density at radius 2 is 2.00 bits per heavy atom. The molecule has 0 saturated carbocycles. The van der Waals surface area contributed by atoms with Gasteiger partial charge in [-0.3, -0.25) is 9.48 Å². The van der Waals surface area contributed by atoms with Crippen molar-refractivity contribution in [1.29, 1.82) is 0 Å². The highest BCUT2D eigenvalue weighted by molar-refractivity contribution is 7.93. The second kappa shape index (κ2) is 9.16. The predicted molar refractivity (Wildman–Crippen MR) is 124 cm³/mol. The summed E-state index contributed by atoms with van der Waals surface area (Å²) in [4.78, 5) is 13.1. The Morgan fingerprint density at radius 3 is 2.69 bits per heavy atom. The van der Waals surface area contributed by atoms with Crippen molar-refractivity contribution in [3.05, 3.63) is 35.5 Å². The maximum absolute atomic E-state index is 13.1. The molecular weight excluding hydrogens is 480 g/mol. The van der Waals surface area contributed by atoms with E-state index in [0.717, 1.165) is 29.8 Å². The Bertz CT molecular complexity index is 1210. The van der Waals surface area contributed by atoms with Gasteiger partial charge in [-0.15, -0.1) is 0 Å². The molecule has 0 bridgehead atoms. The number of amides is 1. The minimum atomic E-state index is -3.07. The van der Waals surface area contributed by atoms with E-state index in [1.54, 1.807) is 19.1 Å². The summed E-state index contributed by atoms with van der Waals surface area (Å²) in [6, 6.07) is 6.67. The van der Waals surface area contributed by atoms with Gasteiger partial charge in [0.15, 0.2) is 9.84 Å². The first kappa shape index (κ1) is 24.2. The van der Waals surface area contributed by atoms with Crippen LogP contribution in [0.1, 0.15) is 43.5 Å². The molecule has 1 amide bonds. The van der Waals surface area contributed by atoms with E-state index in [1.165, 1.54) is 6.07 Å². The van der Waals surface area contributed by atoms with Crippen LogP contribution in [0.4, 0.5) is 8.78 Å². The van der Waals surface area contributed by atoms with Gasteiger partial charge >= 0.3 is 6.61 Å². The zero-order valence-electron chi connectivity index (χ0n) is 19.5. The lowest BCUT2D eigenvalue weighted by atomic mass is 9.84. The summed E-state index contributed by atoms with van der Waals surface area (Å²) in [7, 11) is -3.07. The fourth-order valence-corrected chi connectivity index (χ4v) is 7.55. The van der Waals surface area contributed by atoms with Crippen LogP contribution in [0.5, 0.6) is 5.75 Å². The number of ether oxygens (including phenoxy) is 2. The Hall–Kier alpha value is -2.53. The normalized spacial score (nSPS) is 23.4. The minimum Gasteiger partial charge on any atom is -0.435 e. The van der Waals surface area contributed by atoms with Crippen LogP contribution < -0.4 is 10.1 Å². The van der Waals surface area contributed by atoms with Gasteiger partial charge in [-0.2, -0.15) is 13.9 Å². The Balaban J connectivity index is 1.44. The number of hydrogen-bond donors (Lipinski definition) is 1. The SMILES string of the molecule is CC1(NC(=O)[C@@H]2CCc3c(-c4cccc(OC(F)F)c4)nn(C4CCOCC4)c3C2)CS(=O)(=O)C1. The van der Waals surface area contributed by atoms with E-state index < -0.39 is 22.0 Å². The largest absolute Gasteiger partial charge is 0.435 e. The van der Waals surface area contributed by atoms with Crippen LogP contribution in [0, 0.1) is 5.92 Å². The summed E-state index contributed by atoms with van der Waals surface area (Å²) in [5, 5.41) is 7.88. The molecule has 2 aromatic rings. The number of carbonyl (C=O) groups is 1. The summed E-state index contributed by atoms with van der Waals surface area (Å²) in [6.45, 7) is 0.108. The number of nitrogens with one attached hydrogen (secondary N) is 1. The second-order valence-corrected chi connectivity index (χ2v) is 12.1. The highest BCUT2D eigenvalue weighted by Gasteiger charge is 2.46. The Morgan fingerprint density at radius 1 is 1.26 bits per heavy atom. The number of alkyl halides is 2. The van der Waals surface area contributed by atoms with Crippen LogP contribution in [0.15, 0.2) is 24.3 Å². The van der Waals surface area contributed by atoms with Gasteiger partial charge in [0.25, 0.3) is 0 Å². The lowest BCUT2D eigenvalue weighted by Gasteiger charge is -2.39. The average Bonchev–Trinajstić information content (AvgIpc) is 3.17. The highest BCUT2D eigenvalue weighted by atomic mass is 32.2. The number of halogens is 2. The number of sulfone groups is 1. The van der Waals surface area contributed by atoms with Crippen LogP contribution in [-0.4, -0.2) is 61.0 Å². The molecule has 8 nitrogen and oxygen atoms in total. The van der Waals surface area contributed by atoms with E-state index in [2.05, 4.69) is 10.1 Å². The third kappa shape index (κ3) is 5.06. The van der Waals surface area contributed by atoms with Gasteiger partial charge in [0.1, 0.15) is 5.75 Å². The molecule has 2 fully saturated rings. The standard InChI is InChI=1S/C24H29F2N3O5S/c1-24(13-35(31,32)14-24)27-22(30)16-5-6-19-20(12-16)29(17-7-9-33-10-8-17)28-21(19)15-3-2-4-18(11-15)34-23(25)26/h2-4,11,16-17,23H,5-10,12-14H2,1H3,(H,27,30)/t16-/m1/s1. The van der Waals surface area contributed by atoms with Gasteiger partial charge in [-0.25, -0.2) is 8.42 Å². The molecule has 35 heavy (non-hydrogen) atoms. The van der Waals surface area contributed by atoms with Crippen molar-refractivity contribution in [2.75, 3.05) is 24.7 Å². The van der Waals surface area contributed by atoms with Crippen molar-refractivity contribution in [2.45, 2.75) is 57.2 Å². The maximum atomic E-state index is 13.1. The van der Waals surface area contributed by atoms with Crippen molar-refractivity contribution in [3.63, 3.8) is 0 Å². The molecule has 0 unspecified atom stereocenters. The van der Waals surface area contributed by atoms with E-state index in [4.69, 9.17) is 9.84 Å². The van der Waals surface area contributed by atoms with E-state index >= 15 is 0 Å². The first-order chi connectivity index (χ1) is 16.6. The Kier molecular flexibility index (Phi) is 6.33. The van der Waals surface area contributed by atoms with E-state index in [9.17, 15) is 22.0 Å². The maximum Gasteiger partial charge on any atom is 0.387 e. The predicted octanol–water partition coefficient (Wildman–Crippen LogP) is 2.91. The summed E-state index contributed by atoms with van der Waals surface area (Å²) in [6.07, 6.45) is 3.30. The molecule has 11 heteroatoms. The fraction of sp³-hybridized carbons (Fsp3) is 0.583. The van der Waals surface area contributed by atoms with Crippen LogP contribution >= 0.6 is 0 Å². The van der Waals surface area contributed by atoms with Crippen LogP contribution in [-0.2, 0) is 32.2 Å². The van der Waals surface area contributed by atoms with Crippen LogP contribution in [0.25, 0.3) is 11.3 Å². The van der Waals surface area contributed by atoms with Crippen LogP contribution in [0.3, 0.4) is 0 Å². The first-order valence-corrected chi connectivity index (χ1v) is 13.7. The van der Waals surface area contributed by atoms with E-state index in [1.807, 2.05) is 10.7 Å². The lowest BCUT2D eigenvalue weighted by Crippen LogP contribution is -2.64. The average molecular weight is 510 g/mol. The van der Waals surface area contributed by atoms with Crippen LogP contribution in [0.2, 0.25) is 0 Å². The van der Waals surface area contributed by atoms with Gasteiger partial charge in [0.2, 0.25) is 5.91 Å². The number of aromatic nitrogens is 2. The van der Waals surface area contributed by atoms with Gasteiger partial charge < -0.3 is 14.8 Å². The Labute approximate surface area is 202 Å². The van der Waals surface area contributed by atoms with Gasteiger partial charge in [0.05, 0.1) is 28.8 Å². The second-order valence-electron chi connectivity index (χ2n) is 9.99. The molecule has 1 aromatic heterocycles. The molecular formula is C24H29F2N3O5S. The van der Waals surface area contributed by atoms with Crippen molar-refractivity contribution < 1.29 is 31.5 Å². The molecule has 1 aromatic carbocycles. The molecule has 2 aliphatic heterocycles. The van der Waals surface area contributed by atoms with Gasteiger partial charge in [-0.1, -0.05) is 12.1 Å². The first-order valence-electron chi connectivity index (χ1n) is 11.9. The number of nitrogens with zero attached hydrogens (tertiary/aromatic N) is 2. The van der Waals surface area contributed by atoms with E-state index in [0.29, 0.717) is 38.0 Å². The topological polar surface area (TPSA) is 99.5 Å². The van der Waals surface area contributed by atoms with Crippen molar-refractivity contribution in [1.82, 2.24) is 15.1 Å². The molecule has 0 spiro atoms. The lowest BCUT2D eigenvalue weighted by molar-refractivity contribution is -0.126. The number of carbonyl (C=O) groups excluding carboxylic acids is 1. The molecule has 3 heterocycles. The molecule has 190 valence electrons. The number of hydrogen-bond acceptors (Lipinski definition) is 6. The molecule has 2 saturated heterocycles. The van der Waals surface area contributed by atoms with Crippen molar-refractivity contribution >= 4 is 15.7 Å². The zero-order valence-corrected chi connectivity index (χ0v) is 20.3. The van der Waals surface area contributed by atoms with Crippen molar-refractivity contribution in [3.8, 4) is 17.0 Å². The number of fused-ring (bicyclic) bond motifs is 1. The quantitative estimate of drug-likeness (QED) is 0.643. The molecule has 3 aliphatic rings. The van der Waals surface area contributed by atoms with Gasteiger partial charge in [-0.05, 0) is 44.7 Å². The highest BCUT2D eigenvalue weighted by Crippen LogP contribution is 2.38.